The first-order chi connectivity index (χ1) is 9.77. The van der Waals surface area contributed by atoms with Crippen molar-refractivity contribution in [2.75, 3.05) is 7.11 Å². The molecule has 1 aromatic rings. The second kappa shape index (κ2) is 6.87. The maximum absolute atomic E-state index is 12.1. The topological polar surface area (TPSA) is 108 Å². The summed E-state index contributed by atoms with van der Waals surface area (Å²) in [5.74, 6) is -1.19. The molecule has 0 radical (unpaired) electrons. The van der Waals surface area contributed by atoms with E-state index in [4.69, 9.17) is 9.26 Å². The largest absolute Gasteiger partial charge is 0.453 e. The first kappa shape index (κ1) is 16.7. The second-order valence-electron chi connectivity index (χ2n) is 4.69. The van der Waals surface area contributed by atoms with Crippen molar-refractivity contribution in [3.63, 3.8) is 0 Å². The molecule has 2 amide bonds. The number of ether oxygens (including phenoxy) is 2. The van der Waals surface area contributed by atoms with E-state index in [-0.39, 0.29) is 11.5 Å². The summed E-state index contributed by atoms with van der Waals surface area (Å²) in [6.45, 7) is 6.62. The van der Waals surface area contributed by atoms with Crippen LogP contribution in [0, 0.1) is 6.92 Å². The third-order valence-electron chi connectivity index (χ3n) is 2.68. The fourth-order valence-corrected chi connectivity index (χ4v) is 1.56. The van der Waals surface area contributed by atoms with E-state index < -0.39 is 24.1 Å². The Morgan fingerprint density at radius 1 is 1.24 bits per heavy atom. The number of esters is 1. The first-order valence-corrected chi connectivity index (χ1v) is 6.33. The number of nitrogens with zero attached hydrogens (tertiary/aromatic N) is 1. The Balaban J connectivity index is 2.80. The highest BCUT2D eigenvalue weighted by Gasteiger charge is 2.27. The van der Waals surface area contributed by atoms with Crippen LogP contribution in [-0.4, -0.2) is 36.3 Å². The number of aromatic nitrogens is 1. The number of carbonyl (C=O) groups is 3. The van der Waals surface area contributed by atoms with E-state index in [1.54, 1.807) is 6.92 Å². The molecule has 8 heteroatoms. The summed E-state index contributed by atoms with van der Waals surface area (Å²) in [5, 5.41) is 5.64. The minimum atomic E-state index is -1.16. The molecule has 0 saturated heterocycles. The summed E-state index contributed by atoms with van der Waals surface area (Å²) in [7, 11) is 1.12. The van der Waals surface area contributed by atoms with Crippen LogP contribution in [0.5, 0.6) is 0 Å². The monoisotopic (exact) mass is 298 g/mol. The Hall–Kier alpha value is -2.38. The SMILES string of the molecule is COC(=O)NC(=O)[C@H](C)OC(=O)c1c(C)noc1C(C)C. The van der Waals surface area contributed by atoms with E-state index in [0.717, 1.165) is 7.11 Å². The number of hydrogen-bond donors (Lipinski definition) is 1. The Morgan fingerprint density at radius 3 is 2.38 bits per heavy atom. The van der Waals surface area contributed by atoms with Gasteiger partial charge in [-0.3, -0.25) is 10.1 Å². The van der Waals surface area contributed by atoms with Crippen LogP contribution < -0.4 is 5.32 Å². The van der Waals surface area contributed by atoms with Crippen molar-refractivity contribution < 1.29 is 28.4 Å². The minimum absolute atomic E-state index is 0.0621. The van der Waals surface area contributed by atoms with Gasteiger partial charge in [-0.15, -0.1) is 0 Å². The molecule has 0 aromatic carbocycles. The molecule has 1 heterocycles. The van der Waals surface area contributed by atoms with Crippen LogP contribution in [0.15, 0.2) is 4.52 Å². The van der Waals surface area contributed by atoms with Crippen LogP contribution in [-0.2, 0) is 14.3 Å². The van der Waals surface area contributed by atoms with Gasteiger partial charge in [0.2, 0.25) is 0 Å². The number of rotatable bonds is 4. The van der Waals surface area contributed by atoms with Gasteiger partial charge in [0.05, 0.1) is 12.8 Å². The zero-order chi connectivity index (χ0) is 16.2. The molecule has 0 aliphatic carbocycles. The van der Waals surface area contributed by atoms with Gasteiger partial charge in [-0.25, -0.2) is 9.59 Å². The number of nitrogens with one attached hydrogen (secondary N) is 1. The van der Waals surface area contributed by atoms with Crippen LogP contribution in [0.4, 0.5) is 4.79 Å². The van der Waals surface area contributed by atoms with Crippen molar-refractivity contribution in [3.8, 4) is 0 Å². The molecule has 0 fully saturated rings. The Kier molecular flexibility index (Phi) is 5.45. The summed E-state index contributed by atoms with van der Waals surface area (Å²) in [6, 6.07) is 0. The number of aryl methyl sites for hydroxylation is 1. The van der Waals surface area contributed by atoms with Crippen LogP contribution in [0.2, 0.25) is 0 Å². The molecule has 1 rings (SSSR count). The van der Waals surface area contributed by atoms with Crippen LogP contribution in [0.1, 0.15) is 48.5 Å². The zero-order valence-corrected chi connectivity index (χ0v) is 12.6. The predicted molar refractivity (Wildman–Crippen MR) is 70.8 cm³/mol. The van der Waals surface area contributed by atoms with Gasteiger partial charge in [0.1, 0.15) is 5.56 Å². The zero-order valence-electron chi connectivity index (χ0n) is 12.6. The summed E-state index contributed by atoms with van der Waals surface area (Å²) in [6.07, 6.45) is -2.09. The molecule has 116 valence electrons. The van der Waals surface area contributed by atoms with Gasteiger partial charge in [-0.1, -0.05) is 19.0 Å². The first-order valence-electron chi connectivity index (χ1n) is 6.33. The lowest BCUT2D eigenvalue weighted by Crippen LogP contribution is -2.39. The molecule has 1 aromatic heterocycles. The van der Waals surface area contributed by atoms with E-state index in [2.05, 4.69) is 9.89 Å². The van der Waals surface area contributed by atoms with E-state index >= 15 is 0 Å². The average Bonchev–Trinajstić information content (AvgIpc) is 2.80. The number of amides is 2. The lowest BCUT2D eigenvalue weighted by molar-refractivity contribution is -0.128. The normalized spacial score (nSPS) is 11.9. The highest BCUT2D eigenvalue weighted by atomic mass is 16.6. The predicted octanol–water partition coefficient (Wildman–Crippen LogP) is 1.53. The highest BCUT2D eigenvalue weighted by Crippen LogP contribution is 2.23. The average molecular weight is 298 g/mol. The van der Waals surface area contributed by atoms with Crippen molar-refractivity contribution >= 4 is 18.0 Å². The van der Waals surface area contributed by atoms with Gasteiger partial charge < -0.3 is 14.0 Å². The molecular formula is C13H18N2O6. The number of alkyl carbamates (subject to hydrolysis) is 1. The fourth-order valence-electron chi connectivity index (χ4n) is 1.56. The van der Waals surface area contributed by atoms with E-state index in [9.17, 15) is 14.4 Å². The van der Waals surface area contributed by atoms with Gasteiger partial charge in [0, 0.05) is 5.92 Å². The number of imide groups is 1. The van der Waals surface area contributed by atoms with Crippen molar-refractivity contribution in [1.29, 1.82) is 0 Å². The molecule has 0 unspecified atom stereocenters. The summed E-state index contributed by atoms with van der Waals surface area (Å²) < 4.78 is 14.4. The molecule has 0 bridgehead atoms. The smallest absolute Gasteiger partial charge is 0.413 e. The molecule has 0 aliphatic rings. The maximum Gasteiger partial charge on any atom is 0.413 e. The fraction of sp³-hybridized carbons (Fsp3) is 0.538. The number of hydrogen-bond acceptors (Lipinski definition) is 7. The number of carbonyl (C=O) groups excluding carboxylic acids is 3. The third kappa shape index (κ3) is 4.04. The van der Waals surface area contributed by atoms with Gasteiger partial charge in [-0.2, -0.15) is 0 Å². The van der Waals surface area contributed by atoms with Crippen molar-refractivity contribution in [2.24, 2.45) is 0 Å². The summed E-state index contributed by atoms with van der Waals surface area (Å²) in [5.41, 5.74) is 0.576. The van der Waals surface area contributed by atoms with Crippen LogP contribution in [0.3, 0.4) is 0 Å². The Morgan fingerprint density at radius 2 is 1.86 bits per heavy atom. The standard InChI is InChI=1S/C13H18N2O6/c1-6(2)10-9(7(3)15-21-10)12(17)20-8(4)11(16)14-13(18)19-5/h6,8H,1-5H3,(H,14,16,18)/t8-/m0/s1. The molecular weight excluding hydrogens is 280 g/mol. The maximum atomic E-state index is 12.1. The van der Waals surface area contributed by atoms with Crippen LogP contribution in [0.25, 0.3) is 0 Å². The number of methoxy groups -OCH3 is 1. The lowest BCUT2D eigenvalue weighted by Gasteiger charge is -2.12. The Labute approximate surface area is 121 Å². The van der Waals surface area contributed by atoms with Crippen molar-refractivity contribution in [1.82, 2.24) is 10.5 Å². The molecule has 21 heavy (non-hydrogen) atoms. The minimum Gasteiger partial charge on any atom is -0.453 e. The lowest BCUT2D eigenvalue weighted by atomic mass is 10.1. The van der Waals surface area contributed by atoms with Gasteiger partial charge >= 0.3 is 12.1 Å². The molecule has 1 atom stereocenters. The molecule has 0 aliphatic heterocycles. The van der Waals surface area contributed by atoms with E-state index in [0.29, 0.717) is 11.5 Å². The van der Waals surface area contributed by atoms with Crippen molar-refractivity contribution in [3.05, 3.63) is 17.0 Å². The van der Waals surface area contributed by atoms with Gasteiger partial charge in [0.15, 0.2) is 11.9 Å². The van der Waals surface area contributed by atoms with Crippen molar-refractivity contribution in [2.45, 2.75) is 39.7 Å². The van der Waals surface area contributed by atoms with E-state index in [1.807, 2.05) is 19.2 Å². The highest BCUT2D eigenvalue weighted by molar-refractivity contribution is 5.97. The quantitative estimate of drug-likeness (QED) is 0.840. The van der Waals surface area contributed by atoms with Gasteiger partial charge in [-0.05, 0) is 13.8 Å². The van der Waals surface area contributed by atoms with Gasteiger partial charge in [0.25, 0.3) is 5.91 Å². The molecule has 8 nitrogen and oxygen atoms in total. The molecule has 1 N–H and O–H groups in total. The van der Waals surface area contributed by atoms with Crippen LogP contribution >= 0.6 is 0 Å². The molecule has 0 saturated carbocycles. The summed E-state index contributed by atoms with van der Waals surface area (Å²) >= 11 is 0. The molecule has 0 spiro atoms. The second-order valence-corrected chi connectivity index (χ2v) is 4.69. The van der Waals surface area contributed by atoms with E-state index in [1.165, 1.54) is 6.92 Å². The summed E-state index contributed by atoms with van der Waals surface area (Å²) in [4.78, 5) is 34.6. The Bertz CT molecular complexity index is 549. The third-order valence-corrected chi connectivity index (χ3v) is 2.68.